The first-order valence-electron chi connectivity index (χ1n) is 7.90. The Hall–Kier alpha value is -1.75. The lowest BCUT2D eigenvalue weighted by atomic mass is 9.85. The molecule has 0 spiro atoms. The van der Waals surface area contributed by atoms with E-state index in [4.69, 9.17) is 4.74 Å². The minimum absolute atomic E-state index is 0.243. The highest BCUT2D eigenvalue weighted by Crippen LogP contribution is 2.27. The first-order chi connectivity index (χ1) is 10.5. The molecule has 122 valence electrons. The summed E-state index contributed by atoms with van der Waals surface area (Å²) < 4.78 is 5.21. The van der Waals surface area contributed by atoms with E-state index in [-0.39, 0.29) is 6.03 Å². The number of urea groups is 1. The van der Waals surface area contributed by atoms with Gasteiger partial charge >= 0.3 is 6.03 Å². The quantitative estimate of drug-likeness (QED) is 0.783. The van der Waals surface area contributed by atoms with Crippen LogP contribution in [-0.4, -0.2) is 30.4 Å². The Morgan fingerprint density at radius 2 is 2.00 bits per heavy atom. The van der Waals surface area contributed by atoms with Crippen molar-refractivity contribution >= 4 is 6.03 Å². The molecule has 0 radical (unpaired) electrons. The number of carbonyl (C=O) groups excluding carboxylic acids is 1. The first-order valence-corrected chi connectivity index (χ1v) is 7.90. The van der Waals surface area contributed by atoms with Gasteiger partial charge < -0.3 is 20.5 Å². The van der Waals surface area contributed by atoms with Crippen LogP contribution < -0.4 is 15.4 Å². The van der Waals surface area contributed by atoms with Gasteiger partial charge in [0.15, 0.2) is 0 Å². The summed E-state index contributed by atoms with van der Waals surface area (Å²) in [4.78, 5) is 11.9. The minimum atomic E-state index is -0.730. The highest BCUT2D eigenvalue weighted by Gasteiger charge is 2.29. The number of amides is 2. The molecular formula is C17H26N2O3. The van der Waals surface area contributed by atoms with E-state index in [2.05, 4.69) is 10.6 Å². The molecule has 0 aliphatic heterocycles. The van der Waals surface area contributed by atoms with Crippen LogP contribution in [0.2, 0.25) is 0 Å². The monoisotopic (exact) mass is 306 g/mol. The van der Waals surface area contributed by atoms with E-state index < -0.39 is 5.60 Å². The van der Waals surface area contributed by atoms with Crippen LogP contribution in [-0.2, 0) is 6.54 Å². The second-order valence-corrected chi connectivity index (χ2v) is 6.13. The zero-order valence-electron chi connectivity index (χ0n) is 13.4. The number of aryl methyl sites for hydroxylation is 1. The molecule has 0 bridgehead atoms. The van der Waals surface area contributed by atoms with E-state index in [9.17, 15) is 9.90 Å². The topological polar surface area (TPSA) is 70.6 Å². The average Bonchev–Trinajstić information content (AvgIpc) is 2.52. The first kappa shape index (κ1) is 16.6. The van der Waals surface area contributed by atoms with Crippen LogP contribution in [0.4, 0.5) is 4.79 Å². The molecule has 0 unspecified atom stereocenters. The molecule has 0 atom stereocenters. The number of hydrogen-bond donors (Lipinski definition) is 3. The Morgan fingerprint density at radius 3 is 2.64 bits per heavy atom. The van der Waals surface area contributed by atoms with Crippen molar-refractivity contribution in [2.24, 2.45) is 0 Å². The number of ether oxygens (including phenoxy) is 1. The number of methoxy groups -OCH3 is 1. The molecule has 22 heavy (non-hydrogen) atoms. The van der Waals surface area contributed by atoms with Crippen LogP contribution in [0.1, 0.15) is 43.2 Å². The second-order valence-electron chi connectivity index (χ2n) is 6.13. The third-order valence-corrected chi connectivity index (χ3v) is 4.27. The molecule has 2 amide bonds. The third-order valence-electron chi connectivity index (χ3n) is 4.27. The van der Waals surface area contributed by atoms with E-state index in [1.54, 1.807) is 7.11 Å². The van der Waals surface area contributed by atoms with Crippen molar-refractivity contribution < 1.29 is 14.6 Å². The van der Waals surface area contributed by atoms with Crippen LogP contribution >= 0.6 is 0 Å². The van der Waals surface area contributed by atoms with Crippen LogP contribution in [0, 0.1) is 6.92 Å². The largest absolute Gasteiger partial charge is 0.496 e. The van der Waals surface area contributed by atoms with Crippen molar-refractivity contribution in [2.75, 3.05) is 13.7 Å². The summed E-state index contributed by atoms with van der Waals surface area (Å²) in [7, 11) is 1.64. The molecule has 5 nitrogen and oxygen atoms in total. The fourth-order valence-electron chi connectivity index (χ4n) is 2.93. The zero-order valence-corrected chi connectivity index (χ0v) is 13.4. The molecule has 5 heteroatoms. The summed E-state index contributed by atoms with van der Waals surface area (Å²) in [5.41, 5.74) is 1.33. The van der Waals surface area contributed by atoms with Crippen molar-refractivity contribution in [1.29, 1.82) is 0 Å². The number of rotatable bonds is 5. The van der Waals surface area contributed by atoms with E-state index in [0.717, 1.165) is 42.6 Å². The lowest BCUT2D eigenvalue weighted by Gasteiger charge is -2.32. The molecule has 2 rings (SSSR count). The van der Waals surface area contributed by atoms with Crippen molar-refractivity contribution in [1.82, 2.24) is 10.6 Å². The summed E-state index contributed by atoms with van der Waals surface area (Å²) in [6.45, 7) is 2.75. The lowest BCUT2D eigenvalue weighted by molar-refractivity contribution is 0.00719. The molecule has 1 saturated carbocycles. The molecular weight excluding hydrogens is 280 g/mol. The Balaban J connectivity index is 1.76. The van der Waals surface area contributed by atoms with E-state index in [0.29, 0.717) is 13.1 Å². The van der Waals surface area contributed by atoms with E-state index in [1.807, 2.05) is 25.1 Å². The maximum atomic E-state index is 11.9. The highest BCUT2D eigenvalue weighted by atomic mass is 16.5. The smallest absolute Gasteiger partial charge is 0.315 e. The van der Waals surface area contributed by atoms with Gasteiger partial charge in [-0.25, -0.2) is 4.79 Å². The molecule has 0 aromatic heterocycles. The van der Waals surface area contributed by atoms with Gasteiger partial charge in [0.1, 0.15) is 5.75 Å². The van der Waals surface area contributed by atoms with Gasteiger partial charge in [0.05, 0.1) is 12.7 Å². The van der Waals surface area contributed by atoms with E-state index >= 15 is 0 Å². The fourth-order valence-corrected chi connectivity index (χ4v) is 2.93. The lowest BCUT2D eigenvalue weighted by Crippen LogP contribution is -2.47. The van der Waals surface area contributed by atoms with Gasteiger partial charge in [0.2, 0.25) is 0 Å². The number of hydrogen-bond acceptors (Lipinski definition) is 3. The fraction of sp³-hybridized carbons (Fsp3) is 0.588. The maximum absolute atomic E-state index is 11.9. The standard InChI is InChI=1S/C17H26N2O3/c1-13-10-14(6-7-15(13)22-2)11-18-16(20)19-12-17(21)8-4-3-5-9-17/h6-7,10,21H,3-5,8-9,11-12H2,1-2H3,(H2,18,19,20). The van der Waals surface area contributed by atoms with Gasteiger partial charge in [-0.2, -0.15) is 0 Å². The summed E-state index contributed by atoms with van der Waals surface area (Å²) in [6, 6.07) is 5.58. The third kappa shape index (κ3) is 4.63. The minimum Gasteiger partial charge on any atom is -0.496 e. The Kier molecular flexibility index (Phi) is 5.66. The number of carbonyl (C=O) groups is 1. The predicted molar refractivity (Wildman–Crippen MR) is 86.0 cm³/mol. The van der Waals surface area contributed by atoms with E-state index in [1.165, 1.54) is 6.42 Å². The molecule has 0 heterocycles. The molecule has 1 fully saturated rings. The second kappa shape index (κ2) is 7.49. The van der Waals surface area contributed by atoms with Crippen LogP contribution in [0.5, 0.6) is 5.75 Å². The number of aliphatic hydroxyl groups is 1. The van der Waals surface area contributed by atoms with Crippen LogP contribution in [0.3, 0.4) is 0 Å². The summed E-state index contributed by atoms with van der Waals surface area (Å²) in [5, 5.41) is 15.9. The van der Waals surface area contributed by atoms with Gasteiger partial charge in [-0.15, -0.1) is 0 Å². The SMILES string of the molecule is COc1ccc(CNC(=O)NCC2(O)CCCCC2)cc1C. The van der Waals surface area contributed by atoms with Gasteiger partial charge in [0.25, 0.3) is 0 Å². The van der Waals surface area contributed by atoms with Crippen molar-refractivity contribution in [3.63, 3.8) is 0 Å². The van der Waals surface area contributed by atoms with Crippen molar-refractivity contribution in [3.8, 4) is 5.75 Å². The molecule has 3 N–H and O–H groups in total. The molecule has 1 aromatic rings. The molecule has 1 aromatic carbocycles. The Labute approximate surface area is 132 Å². The van der Waals surface area contributed by atoms with Gasteiger partial charge in [-0.3, -0.25) is 0 Å². The van der Waals surface area contributed by atoms with Crippen molar-refractivity contribution in [2.45, 2.75) is 51.2 Å². The number of nitrogens with one attached hydrogen (secondary N) is 2. The van der Waals surface area contributed by atoms with Gasteiger partial charge in [-0.05, 0) is 37.0 Å². The summed E-state index contributed by atoms with van der Waals surface area (Å²) >= 11 is 0. The summed E-state index contributed by atoms with van der Waals surface area (Å²) in [5.74, 6) is 0.840. The summed E-state index contributed by atoms with van der Waals surface area (Å²) in [6.07, 6.45) is 4.77. The molecule has 0 saturated heterocycles. The Bertz CT molecular complexity index is 511. The van der Waals surface area contributed by atoms with Crippen molar-refractivity contribution in [3.05, 3.63) is 29.3 Å². The maximum Gasteiger partial charge on any atom is 0.315 e. The van der Waals surface area contributed by atoms with Crippen LogP contribution in [0.15, 0.2) is 18.2 Å². The van der Waals surface area contributed by atoms with Gasteiger partial charge in [0, 0.05) is 13.1 Å². The van der Waals surface area contributed by atoms with Gasteiger partial charge in [-0.1, -0.05) is 31.4 Å². The molecule has 1 aliphatic carbocycles. The zero-order chi connectivity index (χ0) is 16.0. The predicted octanol–water partition coefficient (Wildman–Crippen LogP) is 2.50. The number of benzene rings is 1. The average molecular weight is 306 g/mol. The normalized spacial score (nSPS) is 16.9. The molecule has 1 aliphatic rings. The van der Waals surface area contributed by atoms with Crippen LogP contribution in [0.25, 0.3) is 0 Å². The Morgan fingerprint density at radius 1 is 1.27 bits per heavy atom. The highest BCUT2D eigenvalue weighted by molar-refractivity contribution is 5.73.